The van der Waals surface area contributed by atoms with Gasteiger partial charge in [0, 0.05) is 12.3 Å². The molecule has 72 valence electrons. The maximum Gasteiger partial charge on any atom is 0.270 e. The van der Waals surface area contributed by atoms with Crippen molar-refractivity contribution in [3.63, 3.8) is 0 Å². The molecule has 0 aliphatic heterocycles. The molecule has 0 aromatic carbocycles. The SMILES string of the molecule is COc1ccnc2[nH]c(=O)c(C)nc12. The van der Waals surface area contributed by atoms with E-state index >= 15 is 0 Å². The Bertz CT molecular complexity index is 533. The van der Waals surface area contributed by atoms with E-state index in [-0.39, 0.29) is 5.56 Å². The monoisotopic (exact) mass is 191 g/mol. The minimum Gasteiger partial charge on any atom is -0.494 e. The van der Waals surface area contributed by atoms with Crippen LogP contribution in [-0.4, -0.2) is 22.1 Å². The Morgan fingerprint density at radius 3 is 3.00 bits per heavy atom. The van der Waals surface area contributed by atoms with E-state index in [4.69, 9.17) is 4.74 Å². The number of aromatic nitrogens is 3. The molecule has 0 spiro atoms. The second-order valence-corrected chi connectivity index (χ2v) is 2.86. The van der Waals surface area contributed by atoms with Crippen LogP contribution in [0.1, 0.15) is 5.69 Å². The van der Waals surface area contributed by atoms with Gasteiger partial charge in [0.25, 0.3) is 5.56 Å². The van der Waals surface area contributed by atoms with Gasteiger partial charge in [0.2, 0.25) is 0 Å². The molecule has 0 aliphatic carbocycles. The first kappa shape index (κ1) is 8.68. The second kappa shape index (κ2) is 3.10. The highest BCUT2D eigenvalue weighted by Gasteiger charge is 2.05. The summed E-state index contributed by atoms with van der Waals surface area (Å²) in [5, 5.41) is 0. The number of nitrogens with zero attached hydrogens (tertiary/aromatic N) is 2. The zero-order valence-corrected chi connectivity index (χ0v) is 7.87. The largest absolute Gasteiger partial charge is 0.494 e. The van der Waals surface area contributed by atoms with Crippen LogP contribution in [0.3, 0.4) is 0 Å². The first-order valence-electron chi connectivity index (χ1n) is 4.12. The summed E-state index contributed by atoms with van der Waals surface area (Å²) in [6.07, 6.45) is 1.56. The van der Waals surface area contributed by atoms with Gasteiger partial charge in [0.15, 0.2) is 5.65 Å². The summed E-state index contributed by atoms with van der Waals surface area (Å²) in [7, 11) is 1.55. The van der Waals surface area contributed by atoms with Crippen molar-refractivity contribution in [2.24, 2.45) is 0 Å². The molecule has 0 radical (unpaired) electrons. The van der Waals surface area contributed by atoms with E-state index in [1.165, 1.54) is 0 Å². The molecule has 0 aliphatic rings. The lowest BCUT2D eigenvalue weighted by molar-refractivity contribution is 0.418. The topological polar surface area (TPSA) is 67.9 Å². The van der Waals surface area contributed by atoms with Crippen LogP contribution in [0.25, 0.3) is 11.2 Å². The average Bonchev–Trinajstić information content (AvgIpc) is 2.19. The summed E-state index contributed by atoms with van der Waals surface area (Å²) in [5.74, 6) is 0.606. The van der Waals surface area contributed by atoms with Gasteiger partial charge in [-0.1, -0.05) is 0 Å². The summed E-state index contributed by atoms with van der Waals surface area (Å²) >= 11 is 0. The van der Waals surface area contributed by atoms with Crippen LogP contribution in [0.4, 0.5) is 0 Å². The van der Waals surface area contributed by atoms with Gasteiger partial charge in [-0.2, -0.15) is 0 Å². The van der Waals surface area contributed by atoms with Crippen LogP contribution in [-0.2, 0) is 0 Å². The van der Waals surface area contributed by atoms with Crippen molar-refractivity contribution in [3.8, 4) is 5.75 Å². The quantitative estimate of drug-likeness (QED) is 0.718. The molecule has 2 aromatic heterocycles. The van der Waals surface area contributed by atoms with Gasteiger partial charge in [-0.05, 0) is 6.92 Å². The standard InChI is InChI=1S/C9H9N3O2/c1-5-9(13)12-8-7(11-5)6(14-2)3-4-10-8/h3-4H,1-2H3,(H,10,12,13). The normalized spacial score (nSPS) is 10.4. The molecule has 5 heteroatoms. The molecule has 0 saturated heterocycles. The fourth-order valence-electron chi connectivity index (χ4n) is 1.22. The molecule has 0 bridgehead atoms. The number of hydrogen-bond donors (Lipinski definition) is 1. The number of aryl methyl sites for hydroxylation is 1. The Balaban J connectivity index is 2.88. The first-order valence-corrected chi connectivity index (χ1v) is 4.12. The Morgan fingerprint density at radius 1 is 1.50 bits per heavy atom. The molecule has 0 unspecified atom stereocenters. The number of fused-ring (bicyclic) bond motifs is 1. The van der Waals surface area contributed by atoms with Gasteiger partial charge in [-0.3, -0.25) is 4.79 Å². The zero-order valence-electron chi connectivity index (χ0n) is 7.87. The van der Waals surface area contributed by atoms with E-state index in [2.05, 4.69) is 15.0 Å². The summed E-state index contributed by atoms with van der Waals surface area (Å²) in [5.41, 5.74) is 1.20. The van der Waals surface area contributed by atoms with E-state index < -0.39 is 0 Å². The number of ether oxygens (including phenoxy) is 1. The second-order valence-electron chi connectivity index (χ2n) is 2.86. The third-order valence-corrected chi connectivity index (χ3v) is 1.95. The van der Waals surface area contributed by atoms with Gasteiger partial charge in [0.1, 0.15) is 17.0 Å². The molecular weight excluding hydrogens is 182 g/mol. The fourth-order valence-corrected chi connectivity index (χ4v) is 1.22. The smallest absolute Gasteiger partial charge is 0.270 e. The number of methoxy groups -OCH3 is 1. The zero-order chi connectivity index (χ0) is 10.1. The van der Waals surface area contributed by atoms with Crippen LogP contribution in [0.15, 0.2) is 17.1 Å². The van der Waals surface area contributed by atoms with Crippen molar-refractivity contribution in [1.82, 2.24) is 15.0 Å². The Hall–Kier alpha value is -1.91. The van der Waals surface area contributed by atoms with Crippen LogP contribution >= 0.6 is 0 Å². The van der Waals surface area contributed by atoms with Crippen molar-refractivity contribution in [2.45, 2.75) is 6.92 Å². The van der Waals surface area contributed by atoms with E-state index in [9.17, 15) is 4.79 Å². The Labute approximate surface area is 79.8 Å². The number of pyridine rings is 1. The number of aromatic amines is 1. The van der Waals surface area contributed by atoms with E-state index in [1.807, 2.05) is 0 Å². The van der Waals surface area contributed by atoms with Crippen molar-refractivity contribution < 1.29 is 4.74 Å². The predicted octanol–water partition coefficient (Wildman–Crippen LogP) is 0.635. The van der Waals surface area contributed by atoms with E-state index in [0.717, 1.165) is 0 Å². The van der Waals surface area contributed by atoms with Crippen molar-refractivity contribution in [3.05, 3.63) is 28.3 Å². The van der Waals surface area contributed by atoms with Crippen LogP contribution in [0.2, 0.25) is 0 Å². The van der Waals surface area contributed by atoms with Gasteiger partial charge >= 0.3 is 0 Å². The molecule has 2 aromatic rings. The first-order chi connectivity index (χ1) is 6.72. The summed E-state index contributed by atoms with van der Waals surface area (Å²) in [6, 6.07) is 1.70. The fraction of sp³-hybridized carbons (Fsp3) is 0.222. The molecule has 5 nitrogen and oxygen atoms in total. The minimum atomic E-state index is -0.224. The highest BCUT2D eigenvalue weighted by atomic mass is 16.5. The highest BCUT2D eigenvalue weighted by molar-refractivity contribution is 5.76. The van der Waals surface area contributed by atoms with Crippen molar-refractivity contribution in [2.75, 3.05) is 7.11 Å². The van der Waals surface area contributed by atoms with Crippen molar-refractivity contribution in [1.29, 1.82) is 0 Å². The number of hydrogen-bond acceptors (Lipinski definition) is 4. The summed E-state index contributed by atoms with van der Waals surface area (Å²) in [6.45, 7) is 1.64. The van der Waals surface area contributed by atoms with Gasteiger partial charge < -0.3 is 9.72 Å². The molecule has 0 amide bonds. The maximum atomic E-state index is 11.2. The molecule has 0 saturated carbocycles. The van der Waals surface area contributed by atoms with Crippen LogP contribution in [0, 0.1) is 6.92 Å². The molecule has 14 heavy (non-hydrogen) atoms. The van der Waals surface area contributed by atoms with Crippen LogP contribution < -0.4 is 10.3 Å². The average molecular weight is 191 g/mol. The lowest BCUT2D eigenvalue weighted by Gasteiger charge is -2.03. The van der Waals surface area contributed by atoms with Crippen LogP contribution in [0.5, 0.6) is 5.75 Å². The lowest BCUT2D eigenvalue weighted by Crippen LogP contribution is -2.12. The highest BCUT2D eigenvalue weighted by Crippen LogP contribution is 2.18. The molecule has 0 atom stereocenters. The van der Waals surface area contributed by atoms with E-state index in [1.54, 1.807) is 26.3 Å². The predicted molar refractivity (Wildman–Crippen MR) is 51.4 cm³/mol. The van der Waals surface area contributed by atoms with Gasteiger partial charge in [-0.25, -0.2) is 9.97 Å². The van der Waals surface area contributed by atoms with Gasteiger partial charge in [0.05, 0.1) is 7.11 Å². The van der Waals surface area contributed by atoms with Gasteiger partial charge in [-0.15, -0.1) is 0 Å². The molecular formula is C9H9N3O2. The minimum absolute atomic E-state index is 0.224. The molecule has 2 heterocycles. The molecule has 2 rings (SSSR count). The van der Waals surface area contributed by atoms with E-state index in [0.29, 0.717) is 22.6 Å². The van der Waals surface area contributed by atoms with Crippen molar-refractivity contribution >= 4 is 11.2 Å². The summed E-state index contributed by atoms with van der Waals surface area (Å²) < 4.78 is 5.10. The maximum absolute atomic E-state index is 11.2. The molecule has 0 fully saturated rings. The third kappa shape index (κ3) is 1.22. The molecule has 1 N–H and O–H groups in total. The Morgan fingerprint density at radius 2 is 2.29 bits per heavy atom. The third-order valence-electron chi connectivity index (χ3n) is 1.95. The number of rotatable bonds is 1. The number of H-pyrrole nitrogens is 1. The lowest BCUT2D eigenvalue weighted by atomic mass is 10.3. The Kier molecular flexibility index (Phi) is 1.92. The number of nitrogens with one attached hydrogen (secondary N) is 1. The summed E-state index contributed by atoms with van der Waals surface area (Å²) in [4.78, 5) is 22.0.